The third-order valence-corrected chi connectivity index (χ3v) is 4.16. The van der Waals surface area contributed by atoms with Gasteiger partial charge in [0, 0.05) is 16.6 Å². The second-order valence-corrected chi connectivity index (χ2v) is 5.49. The number of fused-ring (bicyclic) bond motifs is 1. The summed E-state index contributed by atoms with van der Waals surface area (Å²) in [6, 6.07) is 8.62. The number of hydrogen-bond acceptors (Lipinski definition) is 2. The number of thioether (sulfide) groups is 1. The number of hydrogen-bond donors (Lipinski definition) is 0. The molecule has 1 aliphatic rings. The topological polar surface area (TPSA) is 17.1 Å². The lowest BCUT2D eigenvalue weighted by atomic mass is 10.1. The quantitative estimate of drug-likeness (QED) is 0.773. The van der Waals surface area contributed by atoms with E-state index >= 15 is 0 Å². The number of ketones is 1. The van der Waals surface area contributed by atoms with E-state index in [0.717, 1.165) is 12.8 Å². The molecule has 1 aliphatic heterocycles. The molecule has 0 spiro atoms. The van der Waals surface area contributed by atoms with E-state index in [1.165, 1.54) is 23.3 Å². The molecule has 1 heterocycles. The molecule has 80 valence electrons. The van der Waals surface area contributed by atoms with Gasteiger partial charge in [0.05, 0.1) is 0 Å². The Morgan fingerprint density at radius 2 is 2.27 bits per heavy atom. The Labute approximate surface area is 95.3 Å². The van der Waals surface area contributed by atoms with Crippen LogP contribution in [0.4, 0.5) is 0 Å². The van der Waals surface area contributed by atoms with Crippen LogP contribution < -0.4 is 0 Å². The van der Waals surface area contributed by atoms with Gasteiger partial charge in [-0.2, -0.15) is 0 Å². The summed E-state index contributed by atoms with van der Waals surface area (Å²) in [5, 5.41) is 0.696. The van der Waals surface area contributed by atoms with Crippen LogP contribution in [0, 0.1) is 0 Å². The first-order valence-corrected chi connectivity index (χ1v) is 6.37. The van der Waals surface area contributed by atoms with Gasteiger partial charge in [0.15, 0.2) is 0 Å². The molecule has 1 nitrogen and oxygen atoms in total. The zero-order valence-electron chi connectivity index (χ0n) is 9.03. The van der Waals surface area contributed by atoms with E-state index in [9.17, 15) is 4.79 Å². The van der Waals surface area contributed by atoms with E-state index in [1.54, 1.807) is 6.92 Å². The summed E-state index contributed by atoms with van der Waals surface area (Å²) in [5.74, 6) is 0.315. The van der Waals surface area contributed by atoms with Gasteiger partial charge in [-0.3, -0.25) is 0 Å². The molecular formula is C13H16OS. The highest BCUT2D eigenvalue weighted by Gasteiger charge is 2.20. The highest BCUT2D eigenvalue weighted by atomic mass is 32.2. The third kappa shape index (κ3) is 2.85. The Balaban J connectivity index is 1.83. The van der Waals surface area contributed by atoms with Crippen LogP contribution >= 0.6 is 11.8 Å². The number of rotatable bonds is 4. The van der Waals surface area contributed by atoms with Gasteiger partial charge in [0.25, 0.3) is 0 Å². The summed E-state index contributed by atoms with van der Waals surface area (Å²) in [7, 11) is 0. The van der Waals surface area contributed by atoms with Gasteiger partial charge < -0.3 is 4.79 Å². The van der Waals surface area contributed by atoms with Gasteiger partial charge in [0.1, 0.15) is 5.78 Å². The van der Waals surface area contributed by atoms with Crippen molar-refractivity contribution in [2.24, 2.45) is 0 Å². The summed E-state index contributed by atoms with van der Waals surface area (Å²) in [6.45, 7) is 1.68. The summed E-state index contributed by atoms with van der Waals surface area (Å²) in [4.78, 5) is 12.3. The number of Topliss-reactive ketones (excluding diaryl/α,β-unsaturated/α-hetero) is 1. The molecule has 15 heavy (non-hydrogen) atoms. The second-order valence-electron chi connectivity index (χ2n) is 4.15. The molecule has 0 amide bonds. The molecule has 1 unspecified atom stereocenters. The van der Waals surface area contributed by atoms with Crippen molar-refractivity contribution in [3.8, 4) is 0 Å². The molecule has 0 saturated heterocycles. The summed E-state index contributed by atoms with van der Waals surface area (Å²) in [6.07, 6.45) is 4.13. The maximum absolute atomic E-state index is 10.8. The molecule has 0 N–H and O–H groups in total. The number of benzene rings is 1. The van der Waals surface area contributed by atoms with Crippen molar-refractivity contribution in [3.63, 3.8) is 0 Å². The average molecular weight is 220 g/mol. The number of carbonyl (C=O) groups is 1. The smallest absolute Gasteiger partial charge is 0.129 e. The van der Waals surface area contributed by atoms with Crippen molar-refractivity contribution in [1.29, 1.82) is 0 Å². The maximum Gasteiger partial charge on any atom is 0.129 e. The Kier molecular flexibility index (Phi) is 3.47. The monoisotopic (exact) mass is 220 g/mol. The minimum absolute atomic E-state index is 0.315. The second kappa shape index (κ2) is 4.84. The minimum Gasteiger partial charge on any atom is -0.300 e. The molecule has 0 aromatic heterocycles. The molecular weight excluding hydrogens is 204 g/mol. The fourth-order valence-corrected chi connectivity index (χ4v) is 3.36. The third-order valence-electron chi connectivity index (χ3n) is 2.77. The van der Waals surface area contributed by atoms with Crippen molar-refractivity contribution < 1.29 is 4.79 Å². The molecule has 0 radical (unpaired) electrons. The zero-order chi connectivity index (χ0) is 10.7. The molecule has 2 rings (SSSR count). The van der Waals surface area contributed by atoms with Gasteiger partial charge in [0.2, 0.25) is 0 Å². The maximum atomic E-state index is 10.8. The van der Waals surface area contributed by atoms with Crippen LogP contribution in [0.5, 0.6) is 0 Å². The summed E-state index contributed by atoms with van der Waals surface area (Å²) in [5.41, 5.74) is 1.48. The zero-order valence-corrected chi connectivity index (χ0v) is 9.85. The van der Waals surface area contributed by atoms with Crippen LogP contribution in [0.3, 0.4) is 0 Å². The lowest BCUT2D eigenvalue weighted by Crippen LogP contribution is -2.01. The van der Waals surface area contributed by atoms with E-state index in [4.69, 9.17) is 0 Å². The molecule has 1 aromatic carbocycles. The Morgan fingerprint density at radius 1 is 1.47 bits per heavy atom. The molecule has 0 fully saturated rings. The van der Waals surface area contributed by atoms with Crippen LogP contribution in [0.25, 0.3) is 0 Å². The predicted molar refractivity (Wildman–Crippen MR) is 64.3 cm³/mol. The van der Waals surface area contributed by atoms with Crippen molar-refractivity contribution in [3.05, 3.63) is 29.8 Å². The molecule has 0 bridgehead atoms. The summed E-state index contributed by atoms with van der Waals surface area (Å²) < 4.78 is 0. The van der Waals surface area contributed by atoms with E-state index < -0.39 is 0 Å². The van der Waals surface area contributed by atoms with Gasteiger partial charge in [-0.05, 0) is 37.8 Å². The lowest BCUT2D eigenvalue weighted by Gasteiger charge is -2.06. The normalized spacial score (nSPS) is 18.9. The Bertz CT molecular complexity index is 334. The van der Waals surface area contributed by atoms with E-state index in [1.807, 2.05) is 11.8 Å². The fraction of sp³-hybridized carbons (Fsp3) is 0.462. The molecule has 0 aliphatic carbocycles. The van der Waals surface area contributed by atoms with Crippen LogP contribution in [0.1, 0.15) is 31.7 Å². The largest absolute Gasteiger partial charge is 0.300 e. The minimum atomic E-state index is 0.315. The first-order chi connectivity index (χ1) is 7.25. The van der Waals surface area contributed by atoms with Gasteiger partial charge >= 0.3 is 0 Å². The SMILES string of the molecule is CC(=O)CCCC1Cc2ccccc2S1. The first-order valence-electron chi connectivity index (χ1n) is 5.49. The van der Waals surface area contributed by atoms with Crippen molar-refractivity contribution in [1.82, 2.24) is 0 Å². The van der Waals surface area contributed by atoms with E-state index in [-0.39, 0.29) is 0 Å². The van der Waals surface area contributed by atoms with Crippen molar-refractivity contribution in [2.45, 2.75) is 42.8 Å². The van der Waals surface area contributed by atoms with Crippen molar-refractivity contribution >= 4 is 17.5 Å². The van der Waals surface area contributed by atoms with Crippen LogP contribution in [0.2, 0.25) is 0 Å². The molecule has 0 saturated carbocycles. The molecule has 1 atom stereocenters. The highest BCUT2D eigenvalue weighted by molar-refractivity contribution is 8.00. The molecule has 2 heteroatoms. The standard InChI is InChI=1S/C13H16OS/c1-10(14)5-4-7-12-9-11-6-2-3-8-13(11)15-12/h2-3,6,8,12H,4-5,7,9H2,1H3. The predicted octanol–water partition coefficient (Wildman–Crippen LogP) is 3.46. The van der Waals surface area contributed by atoms with Crippen LogP contribution in [-0.2, 0) is 11.2 Å². The average Bonchev–Trinajstić information content (AvgIpc) is 2.59. The lowest BCUT2D eigenvalue weighted by molar-refractivity contribution is -0.117. The summed E-state index contributed by atoms with van der Waals surface area (Å²) >= 11 is 1.98. The van der Waals surface area contributed by atoms with Crippen LogP contribution in [-0.4, -0.2) is 11.0 Å². The van der Waals surface area contributed by atoms with E-state index in [0.29, 0.717) is 11.0 Å². The number of carbonyl (C=O) groups excluding carboxylic acids is 1. The fourth-order valence-electron chi connectivity index (χ4n) is 1.99. The van der Waals surface area contributed by atoms with Gasteiger partial charge in [-0.1, -0.05) is 18.2 Å². The first kappa shape index (κ1) is 10.7. The van der Waals surface area contributed by atoms with Crippen LogP contribution in [0.15, 0.2) is 29.2 Å². The van der Waals surface area contributed by atoms with E-state index in [2.05, 4.69) is 24.3 Å². The van der Waals surface area contributed by atoms with Gasteiger partial charge in [-0.25, -0.2) is 0 Å². The molecule has 1 aromatic rings. The Morgan fingerprint density at radius 3 is 3.00 bits per heavy atom. The van der Waals surface area contributed by atoms with Gasteiger partial charge in [-0.15, -0.1) is 11.8 Å². The highest BCUT2D eigenvalue weighted by Crippen LogP contribution is 2.38. The Hall–Kier alpha value is -0.760. The van der Waals surface area contributed by atoms with Crippen molar-refractivity contribution in [2.75, 3.05) is 0 Å².